The molecule has 0 spiro atoms. The van der Waals surface area contributed by atoms with Crippen molar-refractivity contribution < 1.29 is 9.59 Å². The van der Waals surface area contributed by atoms with E-state index >= 15 is 0 Å². The first kappa shape index (κ1) is 11.3. The van der Waals surface area contributed by atoms with Crippen molar-refractivity contribution in [1.82, 2.24) is 10.2 Å². The van der Waals surface area contributed by atoms with Crippen LogP contribution >= 0.6 is 11.6 Å². The molecule has 1 aliphatic rings. The van der Waals surface area contributed by atoms with Crippen LogP contribution in [0.3, 0.4) is 0 Å². The van der Waals surface area contributed by atoms with Crippen LogP contribution in [0.2, 0.25) is 0 Å². The van der Waals surface area contributed by atoms with E-state index in [1.807, 2.05) is 0 Å². The smallest absolute Gasteiger partial charge is 0.324 e. The Labute approximate surface area is 88.6 Å². The van der Waals surface area contributed by atoms with Gasteiger partial charge in [-0.3, -0.25) is 9.69 Å². The molecule has 1 heterocycles. The Kier molecular flexibility index (Phi) is 2.52. The lowest BCUT2D eigenvalue weighted by atomic mass is 10.00. The van der Waals surface area contributed by atoms with Crippen molar-refractivity contribution in [2.75, 3.05) is 6.54 Å². The molecule has 1 fully saturated rings. The first-order chi connectivity index (χ1) is 6.16. The largest absolute Gasteiger partial charge is 0.335 e. The maximum atomic E-state index is 11.8. The number of rotatable bonds is 0. The van der Waals surface area contributed by atoms with Gasteiger partial charge in [-0.15, -0.1) is 11.6 Å². The van der Waals surface area contributed by atoms with E-state index in [2.05, 4.69) is 5.32 Å². The van der Waals surface area contributed by atoms with Crippen molar-refractivity contribution >= 4 is 23.5 Å². The summed E-state index contributed by atoms with van der Waals surface area (Å²) in [7, 11) is 0. The van der Waals surface area contributed by atoms with E-state index in [-0.39, 0.29) is 18.5 Å². The van der Waals surface area contributed by atoms with Gasteiger partial charge in [-0.25, -0.2) is 4.79 Å². The molecule has 0 aromatic heterocycles. The van der Waals surface area contributed by atoms with Crippen LogP contribution in [0.15, 0.2) is 0 Å². The molecular weight excluding hydrogens is 204 g/mol. The highest BCUT2D eigenvalue weighted by molar-refractivity contribution is 6.36. The van der Waals surface area contributed by atoms with Crippen molar-refractivity contribution in [3.63, 3.8) is 0 Å². The number of nitrogens with zero attached hydrogens (tertiary/aromatic N) is 1. The second-order valence-electron chi connectivity index (χ2n) is 4.67. The summed E-state index contributed by atoms with van der Waals surface area (Å²) in [5.41, 5.74) is -0.544. The highest BCUT2D eigenvalue weighted by Crippen LogP contribution is 2.26. The number of halogens is 1. The minimum atomic E-state index is -1.03. The van der Waals surface area contributed by atoms with E-state index in [0.717, 1.165) is 0 Å². The molecule has 1 atom stereocenters. The fourth-order valence-corrected chi connectivity index (χ4v) is 1.48. The van der Waals surface area contributed by atoms with E-state index in [1.165, 1.54) is 4.90 Å². The summed E-state index contributed by atoms with van der Waals surface area (Å²) in [6.45, 7) is 7.17. The van der Waals surface area contributed by atoms with E-state index in [4.69, 9.17) is 11.6 Å². The Morgan fingerprint density at radius 3 is 2.29 bits per heavy atom. The van der Waals surface area contributed by atoms with Gasteiger partial charge in [-0.1, -0.05) is 0 Å². The minimum absolute atomic E-state index is 0.179. The molecule has 0 bridgehead atoms. The van der Waals surface area contributed by atoms with Gasteiger partial charge in [0.1, 0.15) is 4.87 Å². The van der Waals surface area contributed by atoms with E-state index in [9.17, 15) is 9.59 Å². The standard InChI is InChI=1S/C9H15ClN2O2/c1-8(2,3)12-6(13)9(4,10)5-11-7(12)14/h5H2,1-4H3,(H,11,14). The Morgan fingerprint density at radius 1 is 1.43 bits per heavy atom. The molecule has 4 nitrogen and oxygen atoms in total. The van der Waals surface area contributed by atoms with Gasteiger partial charge in [0.2, 0.25) is 0 Å². The number of alkyl halides is 1. The number of nitrogens with one attached hydrogen (secondary N) is 1. The zero-order chi connectivity index (χ0) is 11.1. The molecule has 0 aliphatic carbocycles. The average Bonchev–Trinajstić information content (AvgIpc) is 1.96. The predicted octanol–water partition coefficient (Wildman–Crippen LogP) is 1.33. The van der Waals surface area contributed by atoms with Gasteiger partial charge in [-0.05, 0) is 27.7 Å². The van der Waals surface area contributed by atoms with Crippen molar-refractivity contribution in [1.29, 1.82) is 0 Å². The van der Waals surface area contributed by atoms with Crippen LogP contribution < -0.4 is 5.32 Å². The number of urea groups is 1. The van der Waals surface area contributed by atoms with Gasteiger partial charge in [0.05, 0.1) is 0 Å². The molecule has 0 aromatic carbocycles. The Hall–Kier alpha value is -0.770. The molecule has 1 saturated heterocycles. The second kappa shape index (κ2) is 3.12. The van der Waals surface area contributed by atoms with Crippen molar-refractivity contribution in [2.24, 2.45) is 0 Å². The molecule has 14 heavy (non-hydrogen) atoms. The summed E-state index contributed by atoms with van der Waals surface area (Å²) in [4.78, 5) is 23.5. The molecule has 0 radical (unpaired) electrons. The number of amides is 3. The van der Waals surface area contributed by atoms with Crippen LogP contribution in [0.25, 0.3) is 0 Å². The molecule has 3 amide bonds. The Bertz CT molecular complexity index is 281. The SMILES string of the molecule is CC1(Cl)CNC(=O)N(C(C)(C)C)C1=O. The summed E-state index contributed by atoms with van der Waals surface area (Å²) < 4.78 is 0. The summed E-state index contributed by atoms with van der Waals surface area (Å²) >= 11 is 5.98. The quantitative estimate of drug-likeness (QED) is 0.624. The van der Waals surface area contributed by atoms with Crippen molar-refractivity contribution in [2.45, 2.75) is 38.1 Å². The molecule has 0 aromatic rings. The maximum Gasteiger partial charge on any atom is 0.324 e. The van der Waals surface area contributed by atoms with Crippen LogP contribution in [0.4, 0.5) is 4.79 Å². The monoisotopic (exact) mass is 218 g/mol. The molecular formula is C9H15ClN2O2. The fraction of sp³-hybridized carbons (Fsp3) is 0.778. The summed E-state index contributed by atoms with van der Waals surface area (Å²) in [6.07, 6.45) is 0. The van der Waals surface area contributed by atoms with Gasteiger partial charge in [-0.2, -0.15) is 0 Å². The molecule has 80 valence electrons. The zero-order valence-electron chi connectivity index (χ0n) is 8.85. The number of hydrogen-bond acceptors (Lipinski definition) is 2. The molecule has 1 rings (SSSR count). The van der Waals surface area contributed by atoms with Crippen LogP contribution in [-0.2, 0) is 4.79 Å². The van der Waals surface area contributed by atoms with Crippen molar-refractivity contribution in [3.05, 3.63) is 0 Å². The predicted molar refractivity (Wildman–Crippen MR) is 54.3 cm³/mol. The molecule has 5 heteroatoms. The minimum Gasteiger partial charge on any atom is -0.335 e. The van der Waals surface area contributed by atoms with E-state index < -0.39 is 10.4 Å². The molecule has 1 N–H and O–H groups in total. The van der Waals surface area contributed by atoms with E-state index in [1.54, 1.807) is 27.7 Å². The Morgan fingerprint density at radius 2 is 1.93 bits per heavy atom. The maximum absolute atomic E-state index is 11.8. The van der Waals surface area contributed by atoms with Gasteiger partial charge >= 0.3 is 6.03 Å². The van der Waals surface area contributed by atoms with E-state index in [0.29, 0.717) is 0 Å². The number of carbonyl (C=O) groups is 2. The molecule has 1 aliphatic heterocycles. The zero-order valence-corrected chi connectivity index (χ0v) is 9.60. The highest BCUT2D eigenvalue weighted by Gasteiger charge is 2.46. The Balaban J connectivity index is 3.03. The van der Waals surface area contributed by atoms with Crippen LogP contribution in [0, 0.1) is 0 Å². The molecule has 1 unspecified atom stereocenters. The fourth-order valence-electron chi connectivity index (χ4n) is 1.33. The lowest BCUT2D eigenvalue weighted by molar-refractivity contribution is -0.135. The van der Waals surface area contributed by atoms with Crippen LogP contribution in [0.5, 0.6) is 0 Å². The van der Waals surface area contributed by atoms with Gasteiger partial charge in [0.25, 0.3) is 5.91 Å². The normalized spacial score (nSPS) is 29.1. The lowest BCUT2D eigenvalue weighted by Gasteiger charge is -2.41. The number of hydrogen-bond donors (Lipinski definition) is 1. The topological polar surface area (TPSA) is 49.4 Å². The van der Waals surface area contributed by atoms with Gasteiger partial charge in [0, 0.05) is 12.1 Å². The van der Waals surface area contributed by atoms with Crippen LogP contribution in [-0.4, -0.2) is 33.8 Å². The second-order valence-corrected chi connectivity index (χ2v) is 5.50. The lowest BCUT2D eigenvalue weighted by Crippen LogP contribution is -2.65. The van der Waals surface area contributed by atoms with Gasteiger partial charge < -0.3 is 5.32 Å². The summed E-state index contributed by atoms with van der Waals surface area (Å²) in [5.74, 6) is -0.338. The number of imide groups is 1. The third-order valence-electron chi connectivity index (χ3n) is 2.09. The summed E-state index contributed by atoms with van der Waals surface area (Å²) in [5, 5.41) is 2.59. The van der Waals surface area contributed by atoms with Gasteiger partial charge in [0.15, 0.2) is 0 Å². The highest BCUT2D eigenvalue weighted by atomic mass is 35.5. The summed E-state index contributed by atoms with van der Waals surface area (Å²) in [6, 6.07) is -0.374. The van der Waals surface area contributed by atoms with Crippen molar-refractivity contribution in [3.8, 4) is 0 Å². The average molecular weight is 219 g/mol. The third kappa shape index (κ3) is 1.85. The molecule has 0 saturated carbocycles. The third-order valence-corrected chi connectivity index (χ3v) is 2.39. The first-order valence-corrected chi connectivity index (χ1v) is 4.85. The first-order valence-electron chi connectivity index (χ1n) is 4.48. The number of carbonyl (C=O) groups excluding carboxylic acids is 2. The van der Waals surface area contributed by atoms with Crippen LogP contribution in [0.1, 0.15) is 27.7 Å².